The van der Waals surface area contributed by atoms with Crippen molar-refractivity contribution in [2.24, 2.45) is 0 Å². The molecule has 0 spiro atoms. The van der Waals surface area contributed by atoms with Crippen LogP contribution >= 0.6 is 0 Å². The monoisotopic (exact) mass is 1160 g/mol. The van der Waals surface area contributed by atoms with Crippen LogP contribution in [-0.2, 0) is 39.6 Å². The molecule has 0 bridgehead atoms. The molecule has 15 nitrogen and oxygen atoms in total. The number of ether oxygens (including phenoxy) is 6. The van der Waals surface area contributed by atoms with Crippen LogP contribution in [-0.4, -0.2) is 48.2 Å². The summed E-state index contributed by atoms with van der Waals surface area (Å²) in [6.07, 6.45) is 0. The molecule has 15 heteroatoms. The van der Waals surface area contributed by atoms with Crippen molar-refractivity contribution in [3.63, 3.8) is 0 Å². The van der Waals surface area contributed by atoms with Gasteiger partial charge in [-0.3, -0.25) is 0 Å². The van der Waals surface area contributed by atoms with Crippen molar-refractivity contribution < 1.29 is 58.1 Å². The number of benzene rings is 9. The Bertz CT molecular complexity index is 4280. The van der Waals surface area contributed by atoms with Gasteiger partial charge < -0.3 is 43.7 Å². The quantitative estimate of drug-likeness (QED) is 0.0612. The topological polar surface area (TPSA) is 206 Å². The maximum atomic E-state index is 11.0. The molecule has 87 heavy (non-hydrogen) atoms. The third-order valence-electron chi connectivity index (χ3n) is 13.4. The van der Waals surface area contributed by atoms with Gasteiger partial charge in [0.1, 0.15) is 74.1 Å². The summed E-state index contributed by atoms with van der Waals surface area (Å²) in [5, 5.41) is 30.2. The molecule has 0 amide bonds. The molecule has 3 aromatic heterocycles. The number of hydrogen-bond acceptors (Lipinski definition) is 12. The largest absolute Gasteiger partial charge is 0.489 e. The van der Waals surface area contributed by atoms with Crippen molar-refractivity contribution in [1.82, 2.24) is 15.0 Å². The van der Waals surface area contributed by atoms with E-state index in [9.17, 15) is 14.4 Å². The Morgan fingerprint density at radius 3 is 0.989 bits per heavy atom. The van der Waals surface area contributed by atoms with E-state index in [1.165, 1.54) is 36.4 Å². The molecular weight excluding hydrogens is 1100 g/mol. The minimum absolute atomic E-state index is 0.202. The van der Waals surface area contributed by atoms with Gasteiger partial charge >= 0.3 is 17.9 Å². The molecule has 0 aliphatic carbocycles. The molecular formula is C72H57N3O12. The molecule has 12 aromatic rings. The number of aromatic nitrogens is 3. The molecule has 9 aromatic carbocycles. The van der Waals surface area contributed by atoms with Gasteiger partial charge in [-0.25, -0.2) is 29.3 Å². The van der Waals surface area contributed by atoms with E-state index in [0.717, 1.165) is 83.7 Å². The van der Waals surface area contributed by atoms with E-state index in [2.05, 4.69) is 15.0 Å². The predicted octanol–water partition coefficient (Wildman–Crippen LogP) is 15.3. The van der Waals surface area contributed by atoms with Gasteiger partial charge in [-0.05, 0) is 156 Å². The molecule has 0 fully saturated rings. The lowest BCUT2D eigenvalue weighted by Gasteiger charge is -2.10. The van der Waals surface area contributed by atoms with Gasteiger partial charge in [0, 0.05) is 16.2 Å². The normalized spacial score (nSPS) is 10.6. The first-order valence-electron chi connectivity index (χ1n) is 27.6. The average molecular weight is 1160 g/mol. The Balaban J connectivity index is 0.000000144. The average Bonchev–Trinajstić information content (AvgIpc) is 3.70. The molecule has 0 unspecified atom stereocenters. The van der Waals surface area contributed by atoms with Crippen molar-refractivity contribution >= 4 is 50.6 Å². The predicted molar refractivity (Wildman–Crippen MR) is 331 cm³/mol. The molecule has 432 valence electrons. The van der Waals surface area contributed by atoms with E-state index in [-0.39, 0.29) is 16.7 Å². The number of carbonyl (C=O) groups is 3. The highest BCUT2D eigenvalue weighted by Crippen LogP contribution is 2.23. The van der Waals surface area contributed by atoms with Gasteiger partial charge in [0.25, 0.3) is 0 Å². The van der Waals surface area contributed by atoms with Gasteiger partial charge in [-0.2, -0.15) is 0 Å². The van der Waals surface area contributed by atoms with E-state index in [1.807, 2.05) is 182 Å². The van der Waals surface area contributed by atoms with Crippen LogP contribution in [0.2, 0.25) is 0 Å². The second-order valence-electron chi connectivity index (χ2n) is 19.6. The third-order valence-corrected chi connectivity index (χ3v) is 13.4. The molecule has 3 heterocycles. The Kier molecular flexibility index (Phi) is 19.6. The summed E-state index contributed by atoms with van der Waals surface area (Å²) in [4.78, 5) is 46.6. The first kappa shape index (κ1) is 58.6. The summed E-state index contributed by atoms with van der Waals surface area (Å²) in [6, 6.07) is 78.1. The fraction of sp³-hybridized carbons (Fsp3) is 0.0833. The number of pyridine rings is 3. The molecule has 0 saturated heterocycles. The van der Waals surface area contributed by atoms with Crippen LogP contribution in [0.25, 0.3) is 32.7 Å². The Hall–Kier alpha value is -11.6. The summed E-state index contributed by atoms with van der Waals surface area (Å²) >= 11 is 0. The zero-order valence-corrected chi connectivity index (χ0v) is 46.8. The van der Waals surface area contributed by atoms with Gasteiger partial charge in [0.15, 0.2) is 0 Å². The first-order chi connectivity index (χ1) is 42.5. The Morgan fingerprint density at radius 1 is 0.264 bits per heavy atom. The number of carboxylic acids is 3. The minimum atomic E-state index is -0.974. The number of rotatable bonds is 21. The second kappa shape index (κ2) is 29.1. The van der Waals surface area contributed by atoms with Gasteiger partial charge in [0.2, 0.25) is 0 Å². The Morgan fingerprint density at radius 2 is 0.586 bits per heavy atom. The number of nitrogens with zero attached hydrogens (tertiary/aromatic N) is 3. The summed E-state index contributed by atoms with van der Waals surface area (Å²) in [5.41, 5.74) is 9.04. The van der Waals surface area contributed by atoms with Gasteiger partial charge in [0.05, 0.1) is 50.3 Å². The van der Waals surface area contributed by atoms with E-state index >= 15 is 0 Å². The zero-order chi connectivity index (χ0) is 60.2. The molecule has 0 radical (unpaired) electrons. The van der Waals surface area contributed by atoms with Crippen LogP contribution in [0.3, 0.4) is 0 Å². The molecule has 0 saturated carbocycles. The maximum absolute atomic E-state index is 11.0. The lowest BCUT2D eigenvalue weighted by atomic mass is 10.2. The van der Waals surface area contributed by atoms with Crippen LogP contribution in [0.5, 0.6) is 34.5 Å². The van der Waals surface area contributed by atoms with E-state index in [4.69, 9.17) is 43.7 Å². The highest BCUT2D eigenvalue weighted by atomic mass is 16.5. The third kappa shape index (κ3) is 17.3. The standard InChI is InChI=1S/3C24H19NO4/c26-24(27)19-9-12-21(13-10-19)28-15-17-4-3-6-22(14-17)29-16-20-11-8-18-5-1-2-7-23(18)25-20;26-24(27)19-5-3-6-22(14-19)28-15-17-8-12-21(13-9-17)29-16-20-11-10-18-4-1-2-7-23(18)25-20;26-24(27)19-8-13-22(14-9-19)28-15-17-5-11-21(12-6-17)29-16-20-10-7-18-3-1-2-4-23(18)25-20/h3*1-14H,15-16H2,(H,26,27). The van der Waals surface area contributed by atoms with Crippen molar-refractivity contribution in [1.29, 1.82) is 0 Å². The number of para-hydroxylation sites is 3. The SMILES string of the molecule is O=C(O)c1ccc(OCc2ccc(OCc3ccc4ccccc4n3)cc2)cc1.O=C(O)c1ccc(OCc2cccc(OCc3ccc4ccccc4n3)c2)cc1.O=C(O)c1cccc(OCc2ccc(OCc3ccc4ccccc4n3)cc2)c1. The number of fused-ring (bicyclic) bond motifs is 3. The molecule has 12 rings (SSSR count). The summed E-state index contributed by atoms with van der Waals surface area (Å²) in [7, 11) is 0. The fourth-order valence-corrected chi connectivity index (χ4v) is 8.73. The fourth-order valence-electron chi connectivity index (χ4n) is 8.73. The number of carboxylic acid groups (broad SMARTS) is 3. The lowest BCUT2D eigenvalue weighted by Crippen LogP contribution is -2.00. The number of aromatic carboxylic acids is 3. The lowest BCUT2D eigenvalue weighted by molar-refractivity contribution is 0.0685. The highest BCUT2D eigenvalue weighted by Gasteiger charge is 2.09. The van der Waals surface area contributed by atoms with Gasteiger partial charge in [-0.1, -0.05) is 115 Å². The number of hydrogen-bond donors (Lipinski definition) is 3. The van der Waals surface area contributed by atoms with E-state index < -0.39 is 17.9 Å². The molecule has 0 atom stereocenters. The van der Waals surface area contributed by atoms with E-state index in [0.29, 0.717) is 56.9 Å². The zero-order valence-electron chi connectivity index (χ0n) is 46.8. The van der Waals surface area contributed by atoms with Crippen molar-refractivity contribution in [3.05, 3.63) is 305 Å². The minimum Gasteiger partial charge on any atom is -0.489 e. The second-order valence-corrected chi connectivity index (χ2v) is 19.6. The van der Waals surface area contributed by atoms with E-state index in [1.54, 1.807) is 36.4 Å². The van der Waals surface area contributed by atoms with Crippen LogP contribution in [0, 0.1) is 0 Å². The molecule has 0 aliphatic rings. The smallest absolute Gasteiger partial charge is 0.335 e. The molecule has 3 N–H and O–H groups in total. The van der Waals surface area contributed by atoms with Gasteiger partial charge in [-0.15, -0.1) is 0 Å². The first-order valence-corrected chi connectivity index (χ1v) is 27.6. The summed E-state index contributed by atoms with van der Waals surface area (Å²) in [6.45, 7) is 2.26. The highest BCUT2D eigenvalue weighted by molar-refractivity contribution is 5.89. The maximum Gasteiger partial charge on any atom is 0.335 e. The van der Waals surface area contributed by atoms with Crippen LogP contribution in [0.4, 0.5) is 0 Å². The van der Waals surface area contributed by atoms with Crippen molar-refractivity contribution in [2.75, 3.05) is 0 Å². The van der Waals surface area contributed by atoms with Crippen LogP contribution < -0.4 is 28.4 Å². The van der Waals surface area contributed by atoms with Crippen molar-refractivity contribution in [3.8, 4) is 34.5 Å². The van der Waals surface area contributed by atoms with Crippen LogP contribution in [0.1, 0.15) is 64.8 Å². The summed E-state index contributed by atoms with van der Waals surface area (Å²) < 4.78 is 34.7. The molecule has 0 aliphatic heterocycles. The van der Waals surface area contributed by atoms with Crippen molar-refractivity contribution in [2.45, 2.75) is 39.6 Å². The Labute approximate surface area is 500 Å². The summed E-state index contributed by atoms with van der Waals surface area (Å²) in [5.74, 6) is 1.12. The van der Waals surface area contributed by atoms with Crippen LogP contribution in [0.15, 0.2) is 255 Å².